The Morgan fingerprint density at radius 3 is 2.59 bits per heavy atom. The number of aromatic amines is 1. The molecule has 0 bridgehead atoms. The Bertz CT molecular complexity index is 571. The average Bonchev–Trinajstić information content (AvgIpc) is 2.77. The molecule has 1 unspecified atom stereocenters. The van der Waals surface area contributed by atoms with Crippen molar-refractivity contribution >= 4 is 29.1 Å². The number of ether oxygens (including phenoxy) is 1. The van der Waals surface area contributed by atoms with E-state index in [0.717, 1.165) is 32.6 Å². The van der Waals surface area contributed by atoms with Gasteiger partial charge in [0.05, 0.1) is 5.02 Å². The van der Waals surface area contributed by atoms with Gasteiger partial charge in [0, 0.05) is 31.2 Å². The molecular weight excluding hydrogens is 323 g/mol. The third kappa shape index (κ3) is 2.19. The fourth-order valence-electron chi connectivity index (χ4n) is 4.49. The molecule has 1 amide bonds. The van der Waals surface area contributed by atoms with Crippen LogP contribution in [0.3, 0.4) is 0 Å². The molecule has 0 aromatic carbocycles. The van der Waals surface area contributed by atoms with E-state index in [1.165, 1.54) is 19.3 Å². The van der Waals surface area contributed by atoms with Gasteiger partial charge in [0.15, 0.2) is 0 Å². The van der Waals surface area contributed by atoms with Crippen molar-refractivity contribution in [1.29, 1.82) is 0 Å². The number of aromatic nitrogens is 1. The van der Waals surface area contributed by atoms with Gasteiger partial charge >= 0.3 is 0 Å². The van der Waals surface area contributed by atoms with Crippen molar-refractivity contribution in [2.24, 2.45) is 11.3 Å². The highest BCUT2D eigenvalue weighted by Gasteiger charge is 2.59. The minimum Gasteiger partial charge on any atom is -0.381 e. The van der Waals surface area contributed by atoms with Gasteiger partial charge in [-0.1, -0.05) is 29.6 Å². The number of nitrogens with zero attached hydrogens (tertiary/aromatic N) is 1. The standard InChI is InChI=1S/C16H20Cl2N2O2/c17-11-8-12(19-14(11)18)15(21)20-9-16(4-1-5-16)13(20)10-2-6-22-7-3-10/h8,10,13,19H,1-7,9H2. The molecule has 3 heterocycles. The van der Waals surface area contributed by atoms with Crippen LogP contribution in [0.25, 0.3) is 0 Å². The summed E-state index contributed by atoms with van der Waals surface area (Å²) in [5.41, 5.74) is 0.874. The molecule has 1 aromatic rings. The normalized spacial score (nSPS) is 27.5. The number of amides is 1. The Balaban J connectivity index is 1.56. The number of carbonyl (C=O) groups is 1. The topological polar surface area (TPSA) is 45.3 Å². The highest BCUT2D eigenvalue weighted by Crippen LogP contribution is 2.57. The van der Waals surface area contributed by atoms with Crippen LogP contribution in [0, 0.1) is 11.3 Å². The molecule has 2 saturated heterocycles. The molecule has 4 nitrogen and oxygen atoms in total. The lowest BCUT2D eigenvalue weighted by molar-refractivity contribution is -0.140. The maximum atomic E-state index is 12.8. The van der Waals surface area contributed by atoms with E-state index < -0.39 is 0 Å². The first-order valence-electron chi connectivity index (χ1n) is 8.03. The highest BCUT2D eigenvalue weighted by atomic mass is 35.5. The van der Waals surface area contributed by atoms with E-state index in [4.69, 9.17) is 27.9 Å². The van der Waals surface area contributed by atoms with E-state index >= 15 is 0 Å². The van der Waals surface area contributed by atoms with Crippen LogP contribution < -0.4 is 0 Å². The first-order valence-corrected chi connectivity index (χ1v) is 8.79. The minimum absolute atomic E-state index is 0.0304. The SMILES string of the molecule is O=C(c1cc(Cl)c(Cl)[nH]1)N1CC2(CCC2)C1C1CCOCC1. The lowest BCUT2D eigenvalue weighted by Gasteiger charge is -2.65. The van der Waals surface area contributed by atoms with Crippen LogP contribution in [-0.2, 0) is 4.74 Å². The third-order valence-corrected chi connectivity index (χ3v) is 6.42. The largest absolute Gasteiger partial charge is 0.381 e. The summed E-state index contributed by atoms with van der Waals surface area (Å²) in [5.74, 6) is 0.593. The first-order chi connectivity index (χ1) is 10.6. The van der Waals surface area contributed by atoms with Crippen LogP contribution in [-0.4, -0.2) is 41.6 Å². The third-order valence-electron chi connectivity index (χ3n) is 5.73. The molecule has 1 aliphatic carbocycles. The van der Waals surface area contributed by atoms with Crippen molar-refractivity contribution in [1.82, 2.24) is 9.88 Å². The number of likely N-dealkylation sites (tertiary alicyclic amines) is 1. The molecular formula is C16H20Cl2N2O2. The summed E-state index contributed by atoms with van der Waals surface area (Å²) >= 11 is 11.9. The molecule has 1 N–H and O–H groups in total. The van der Waals surface area contributed by atoms with Gasteiger partial charge in [-0.15, -0.1) is 0 Å². The number of carbonyl (C=O) groups excluding carboxylic acids is 1. The van der Waals surface area contributed by atoms with E-state index in [1.54, 1.807) is 6.07 Å². The van der Waals surface area contributed by atoms with Crippen LogP contribution >= 0.6 is 23.2 Å². The monoisotopic (exact) mass is 342 g/mol. The minimum atomic E-state index is 0.0304. The van der Waals surface area contributed by atoms with Gasteiger partial charge in [0.2, 0.25) is 0 Å². The quantitative estimate of drug-likeness (QED) is 0.889. The van der Waals surface area contributed by atoms with Gasteiger partial charge in [-0.05, 0) is 37.7 Å². The predicted octanol–water partition coefficient (Wildman–Crippen LogP) is 3.74. The van der Waals surface area contributed by atoms with Crippen molar-refractivity contribution in [2.45, 2.75) is 38.1 Å². The molecule has 2 aliphatic heterocycles. The lowest BCUT2D eigenvalue weighted by atomic mass is 9.54. The van der Waals surface area contributed by atoms with Crippen LogP contribution in [0.5, 0.6) is 0 Å². The molecule has 1 saturated carbocycles. The van der Waals surface area contributed by atoms with Crippen LogP contribution in [0.1, 0.15) is 42.6 Å². The Kier molecular flexibility index (Phi) is 3.67. The summed E-state index contributed by atoms with van der Waals surface area (Å²) in [6.45, 7) is 2.51. The molecule has 4 rings (SSSR count). The van der Waals surface area contributed by atoms with Crippen LogP contribution in [0.15, 0.2) is 6.07 Å². The second kappa shape index (κ2) is 5.43. The fourth-order valence-corrected chi connectivity index (χ4v) is 4.80. The second-order valence-corrected chi connectivity index (χ2v) is 7.67. The fraction of sp³-hybridized carbons (Fsp3) is 0.688. The molecule has 120 valence electrons. The Morgan fingerprint density at radius 2 is 2.05 bits per heavy atom. The maximum absolute atomic E-state index is 12.8. The molecule has 1 atom stereocenters. The van der Waals surface area contributed by atoms with E-state index in [9.17, 15) is 4.79 Å². The van der Waals surface area contributed by atoms with Crippen molar-refractivity contribution < 1.29 is 9.53 Å². The van der Waals surface area contributed by atoms with Gasteiger partial charge in [0.1, 0.15) is 10.8 Å². The first kappa shape index (κ1) is 14.9. The van der Waals surface area contributed by atoms with Gasteiger partial charge in [-0.3, -0.25) is 4.79 Å². The Morgan fingerprint density at radius 1 is 1.32 bits per heavy atom. The number of hydrogen-bond acceptors (Lipinski definition) is 2. The van der Waals surface area contributed by atoms with Gasteiger partial charge in [0.25, 0.3) is 5.91 Å². The molecule has 1 aromatic heterocycles. The van der Waals surface area contributed by atoms with E-state index in [2.05, 4.69) is 4.98 Å². The number of halogens is 2. The van der Waals surface area contributed by atoms with Crippen LogP contribution in [0.2, 0.25) is 10.2 Å². The summed E-state index contributed by atoms with van der Waals surface area (Å²) < 4.78 is 5.49. The summed E-state index contributed by atoms with van der Waals surface area (Å²) in [5, 5.41) is 0.748. The average molecular weight is 343 g/mol. The molecule has 0 radical (unpaired) electrons. The predicted molar refractivity (Wildman–Crippen MR) is 85.5 cm³/mol. The smallest absolute Gasteiger partial charge is 0.270 e. The van der Waals surface area contributed by atoms with Crippen molar-refractivity contribution in [3.8, 4) is 0 Å². The summed E-state index contributed by atoms with van der Waals surface area (Å²) in [4.78, 5) is 17.8. The van der Waals surface area contributed by atoms with Crippen molar-refractivity contribution in [2.75, 3.05) is 19.8 Å². The molecule has 3 aliphatic rings. The van der Waals surface area contributed by atoms with Crippen molar-refractivity contribution in [3.05, 3.63) is 21.9 Å². The van der Waals surface area contributed by atoms with Gasteiger partial charge in [-0.25, -0.2) is 0 Å². The zero-order valence-electron chi connectivity index (χ0n) is 12.4. The summed E-state index contributed by atoms with van der Waals surface area (Å²) in [7, 11) is 0. The van der Waals surface area contributed by atoms with E-state index in [0.29, 0.717) is 33.2 Å². The van der Waals surface area contributed by atoms with E-state index in [-0.39, 0.29) is 5.91 Å². The highest BCUT2D eigenvalue weighted by molar-refractivity contribution is 6.41. The molecule has 3 fully saturated rings. The number of hydrogen-bond donors (Lipinski definition) is 1. The lowest BCUT2D eigenvalue weighted by Crippen LogP contribution is -2.71. The number of nitrogens with one attached hydrogen (secondary N) is 1. The Labute approximate surface area is 140 Å². The zero-order valence-corrected chi connectivity index (χ0v) is 13.9. The van der Waals surface area contributed by atoms with Crippen molar-refractivity contribution in [3.63, 3.8) is 0 Å². The maximum Gasteiger partial charge on any atom is 0.270 e. The second-order valence-electron chi connectivity index (χ2n) is 6.89. The number of rotatable bonds is 2. The van der Waals surface area contributed by atoms with E-state index in [1.807, 2.05) is 4.90 Å². The summed E-state index contributed by atoms with van der Waals surface area (Å²) in [6.07, 6.45) is 5.92. The van der Waals surface area contributed by atoms with Crippen LogP contribution in [0.4, 0.5) is 0 Å². The van der Waals surface area contributed by atoms with Gasteiger partial charge in [-0.2, -0.15) is 0 Å². The molecule has 6 heteroatoms. The number of H-pyrrole nitrogens is 1. The van der Waals surface area contributed by atoms with Gasteiger partial charge < -0.3 is 14.6 Å². The Hall–Kier alpha value is -0.710. The zero-order chi connectivity index (χ0) is 15.3. The summed E-state index contributed by atoms with van der Waals surface area (Å²) in [6, 6.07) is 2.00. The molecule has 22 heavy (non-hydrogen) atoms. The molecule has 1 spiro atoms.